The summed E-state index contributed by atoms with van der Waals surface area (Å²) in [6.45, 7) is 7.05. The molecule has 0 saturated carbocycles. The van der Waals surface area contributed by atoms with E-state index < -0.39 is 10.0 Å². The second kappa shape index (κ2) is 4.90. The van der Waals surface area contributed by atoms with Gasteiger partial charge >= 0.3 is 0 Å². The van der Waals surface area contributed by atoms with E-state index in [0.717, 1.165) is 5.69 Å². The van der Waals surface area contributed by atoms with Gasteiger partial charge in [-0.15, -0.1) is 0 Å². The van der Waals surface area contributed by atoms with Crippen LogP contribution in [-0.2, 0) is 17.1 Å². The van der Waals surface area contributed by atoms with Crippen LogP contribution < -0.4 is 4.72 Å². The summed E-state index contributed by atoms with van der Waals surface area (Å²) in [5, 5.41) is 4.14. The van der Waals surface area contributed by atoms with Crippen LogP contribution in [0.2, 0.25) is 0 Å². The van der Waals surface area contributed by atoms with Crippen molar-refractivity contribution in [2.24, 2.45) is 7.05 Å². The molecule has 2 rings (SSSR count). The van der Waals surface area contributed by atoms with Crippen molar-refractivity contribution >= 4 is 15.7 Å². The smallest absolute Gasteiger partial charge is 0.265 e. The van der Waals surface area contributed by atoms with E-state index in [1.54, 1.807) is 44.6 Å². The molecule has 0 amide bonds. The van der Waals surface area contributed by atoms with Crippen LogP contribution in [0.15, 0.2) is 17.0 Å². The van der Waals surface area contributed by atoms with Gasteiger partial charge < -0.3 is 0 Å². The van der Waals surface area contributed by atoms with Gasteiger partial charge in [0.2, 0.25) is 0 Å². The zero-order valence-corrected chi connectivity index (χ0v) is 13.0. The summed E-state index contributed by atoms with van der Waals surface area (Å²) in [5.74, 6) is 0. The number of hydrogen-bond donors (Lipinski definition) is 1. The number of aryl methyl sites for hydroxylation is 4. The van der Waals surface area contributed by atoms with E-state index in [9.17, 15) is 8.42 Å². The molecule has 2 heterocycles. The highest BCUT2D eigenvalue weighted by molar-refractivity contribution is 7.92. The van der Waals surface area contributed by atoms with Crippen LogP contribution in [-0.4, -0.2) is 23.2 Å². The summed E-state index contributed by atoms with van der Waals surface area (Å²) >= 11 is 0. The lowest BCUT2D eigenvalue weighted by molar-refractivity contribution is 0.599. The maximum atomic E-state index is 12.5. The van der Waals surface area contributed by atoms with Gasteiger partial charge in [-0.05, 0) is 39.8 Å². The molecule has 0 aliphatic carbocycles. The molecular formula is C13H18N4O2S. The fourth-order valence-electron chi connectivity index (χ4n) is 2.13. The first-order chi connectivity index (χ1) is 9.22. The zero-order valence-electron chi connectivity index (χ0n) is 12.2. The van der Waals surface area contributed by atoms with Crippen LogP contribution in [0.3, 0.4) is 0 Å². The van der Waals surface area contributed by atoms with Crippen LogP contribution >= 0.6 is 0 Å². The van der Waals surface area contributed by atoms with Gasteiger partial charge in [0.25, 0.3) is 10.0 Å². The highest BCUT2D eigenvalue weighted by Crippen LogP contribution is 2.23. The molecule has 6 nitrogen and oxygen atoms in total. The number of hydrogen-bond acceptors (Lipinski definition) is 4. The summed E-state index contributed by atoms with van der Waals surface area (Å²) in [7, 11) is -1.94. The molecule has 7 heteroatoms. The molecular weight excluding hydrogens is 276 g/mol. The number of nitrogens with zero attached hydrogens (tertiary/aromatic N) is 3. The van der Waals surface area contributed by atoms with Gasteiger partial charge in [-0.25, -0.2) is 8.42 Å². The number of nitrogens with one attached hydrogen (secondary N) is 1. The number of anilines is 1. The van der Waals surface area contributed by atoms with Gasteiger partial charge in [-0.2, -0.15) is 5.10 Å². The second-order valence-corrected chi connectivity index (χ2v) is 6.43. The minimum Gasteiger partial charge on any atom is -0.278 e. The van der Waals surface area contributed by atoms with E-state index in [0.29, 0.717) is 22.8 Å². The maximum Gasteiger partial charge on any atom is 0.265 e. The molecule has 1 N–H and O–H groups in total. The molecule has 0 radical (unpaired) electrons. The van der Waals surface area contributed by atoms with Crippen LogP contribution in [0.1, 0.15) is 22.8 Å². The van der Waals surface area contributed by atoms with Crippen molar-refractivity contribution in [1.29, 1.82) is 0 Å². The summed E-state index contributed by atoms with van der Waals surface area (Å²) in [6, 6.07) is 3.49. The molecule has 0 unspecified atom stereocenters. The van der Waals surface area contributed by atoms with Crippen molar-refractivity contribution in [3.05, 3.63) is 34.9 Å². The third-order valence-electron chi connectivity index (χ3n) is 3.18. The Morgan fingerprint density at radius 3 is 2.25 bits per heavy atom. The van der Waals surface area contributed by atoms with E-state index in [4.69, 9.17) is 0 Å². The van der Waals surface area contributed by atoms with Crippen molar-refractivity contribution in [2.45, 2.75) is 32.6 Å². The summed E-state index contributed by atoms with van der Waals surface area (Å²) in [5.41, 5.74) is 3.06. The van der Waals surface area contributed by atoms with Crippen molar-refractivity contribution in [3.63, 3.8) is 0 Å². The molecule has 0 aliphatic heterocycles. The van der Waals surface area contributed by atoms with Gasteiger partial charge in [0.1, 0.15) is 4.90 Å². The SMILES string of the molecule is Cc1ccc(NS(=O)(=O)c2c(C)nn(C)c2C)c(C)n1. The van der Waals surface area contributed by atoms with E-state index in [-0.39, 0.29) is 4.90 Å². The minimum absolute atomic E-state index is 0.222. The lowest BCUT2D eigenvalue weighted by Crippen LogP contribution is -2.16. The lowest BCUT2D eigenvalue weighted by Gasteiger charge is -2.10. The average molecular weight is 294 g/mol. The first-order valence-corrected chi connectivity index (χ1v) is 7.68. The van der Waals surface area contributed by atoms with Crippen LogP contribution in [0.5, 0.6) is 0 Å². The Bertz CT molecular complexity index is 763. The number of pyridine rings is 1. The monoisotopic (exact) mass is 294 g/mol. The average Bonchev–Trinajstić information content (AvgIpc) is 2.57. The first-order valence-electron chi connectivity index (χ1n) is 6.19. The van der Waals surface area contributed by atoms with Gasteiger partial charge in [0, 0.05) is 12.7 Å². The molecule has 0 bridgehead atoms. The Morgan fingerprint density at radius 1 is 1.10 bits per heavy atom. The van der Waals surface area contributed by atoms with Crippen LogP contribution in [0.4, 0.5) is 5.69 Å². The van der Waals surface area contributed by atoms with Crippen LogP contribution in [0, 0.1) is 27.7 Å². The largest absolute Gasteiger partial charge is 0.278 e. The number of rotatable bonds is 3. The van der Waals surface area contributed by atoms with Crippen molar-refractivity contribution in [3.8, 4) is 0 Å². The predicted octanol–water partition coefficient (Wildman–Crippen LogP) is 1.85. The molecule has 0 atom stereocenters. The molecule has 2 aromatic rings. The van der Waals surface area contributed by atoms with E-state index in [1.165, 1.54) is 0 Å². The third-order valence-corrected chi connectivity index (χ3v) is 4.80. The summed E-state index contributed by atoms with van der Waals surface area (Å²) in [6.07, 6.45) is 0. The summed E-state index contributed by atoms with van der Waals surface area (Å²) < 4.78 is 29.1. The number of aromatic nitrogens is 3. The van der Waals surface area contributed by atoms with Gasteiger partial charge in [-0.1, -0.05) is 0 Å². The maximum absolute atomic E-state index is 12.5. The predicted molar refractivity (Wildman–Crippen MR) is 77.2 cm³/mol. The Hall–Kier alpha value is -1.89. The van der Waals surface area contributed by atoms with Crippen molar-refractivity contribution in [1.82, 2.24) is 14.8 Å². The molecule has 108 valence electrons. The topological polar surface area (TPSA) is 76.9 Å². The highest BCUT2D eigenvalue weighted by Gasteiger charge is 2.24. The standard InChI is InChI=1S/C13H18N4O2S/c1-8-6-7-12(9(2)14-8)16-20(18,19)13-10(3)15-17(5)11(13)4/h6-7,16H,1-5H3. The first kappa shape index (κ1) is 14.5. The Labute approximate surface area is 118 Å². The van der Waals surface area contributed by atoms with Gasteiger partial charge in [-0.3, -0.25) is 14.4 Å². The van der Waals surface area contributed by atoms with Crippen molar-refractivity contribution < 1.29 is 8.42 Å². The normalized spacial score (nSPS) is 11.7. The molecule has 0 fully saturated rings. The van der Waals surface area contributed by atoms with Crippen LogP contribution in [0.25, 0.3) is 0 Å². The van der Waals surface area contributed by atoms with Gasteiger partial charge in [0.15, 0.2) is 0 Å². The molecule has 0 aliphatic rings. The fraction of sp³-hybridized carbons (Fsp3) is 0.385. The highest BCUT2D eigenvalue weighted by atomic mass is 32.2. The second-order valence-electron chi connectivity index (χ2n) is 4.81. The molecule has 0 spiro atoms. The molecule has 0 aromatic carbocycles. The number of sulfonamides is 1. The minimum atomic E-state index is -3.66. The quantitative estimate of drug-likeness (QED) is 0.937. The Balaban J connectivity index is 2.46. The van der Waals surface area contributed by atoms with E-state index in [2.05, 4.69) is 14.8 Å². The van der Waals surface area contributed by atoms with Crippen molar-refractivity contribution in [2.75, 3.05) is 4.72 Å². The molecule has 20 heavy (non-hydrogen) atoms. The van der Waals surface area contributed by atoms with E-state index in [1.807, 2.05) is 6.92 Å². The Kier molecular flexibility index (Phi) is 3.56. The Morgan fingerprint density at radius 2 is 1.75 bits per heavy atom. The summed E-state index contributed by atoms with van der Waals surface area (Å²) in [4.78, 5) is 4.48. The van der Waals surface area contributed by atoms with Gasteiger partial charge in [0.05, 0.1) is 22.8 Å². The lowest BCUT2D eigenvalue weighted by atomic mass is 10.3. The molecule has 2 aromatic heterocycles. The fourth-order valence-corrected chi connectivity index (χ4v) is 3.69. The molecule has 0 saturated heterocycles. The van der Waals surface area contributed by atoms with E-state index >= 15 is 0 Å². The third kappa shape index (κ3) is 2.53. The zero-order chi connectivity index (χ0) is 15.1.